The normalized spacial score (nSPS) is 24.1. The number of halogens is 1. The third-order valence-corrected chi connectivity index (χ3v) is 3.75. The quantitative estimate of drug-likeness (QED) is 0.841. The summed E-state index contributed by atoms with van der Waals surface area (Å²) in [7, 11) is 0. The maximum Gasteiger partial charge on any atom is 0.123 e. The van der Waals surface area contributed by atoms with E-state index in [0.29, 0.717) is 0 Å². The van der Waals surface area contributed by atoms with E-state index in [4.69, 9.17) is 5.73 Å². The molecule has 0 amide bonds. The van der Waals surface area contributed by atoms with Gasteiger partial charge in [-0.3, -0.25) is 4.90 Å². The van der Waals surface area contributed by atoms with E-state index in [2.05, 4.69) is 4.90 Å². The van der Waals surface area contributed by atoms with Crippen LogP contribution in [-0.2, 0) is 6.54 Å². The molecule has 0 atom stereocenters. The number of nitrogens with zero attached hydrogens (tertiary/aromatic N) is 1. The van der Waals surface area contributed by atoms with Crippen molar-refractivity contribution in [2.75, 3.05) is 13.1 Å². The van der Waals surface area contributed by atoms with Gasteiger partial charge >= 0.3 is 0 Å². The maximum atomic E-state index is 12.7. The van der Waals surface area contributed by atoms with Crippen LogP contribution in [0.25, 0.3) is 0 Å². The van der Waals surface area contributed by atoms with E-state index in [1.54, 1.807) is 0 Å². The van der Waals surface area contributed by atoms with Crippen molar-refractivity contribution in [1.82, 2.24) is 4.90 Å². The average molecular weight is 220 g/mol. The Labute approximate surface area is 95.2 Å². The van der Waals surface area contributed by atoms with Crippen LogP contribution in [0.15, 0.2) is 24.3 Å². The summed E-state index contributed by atoms with van der Waals surface area (Å²) in [6.07, 6.45) is 2.61. The zero-order valence-corrected chi connectivity index (χ0v) is 9.32. The summed E-state index contributed by atoms with van der Waals surface area (Å²) in [6.45, 7) is 2.88. The molecule has 0 spiro atoms. The first-order chi connectivity index (χ1) is 7.66. The second-order valence-electron chi connectivity index (χ2n) is 5.28. The fourth-order valence-electron chi connectivity index (χ4n) is 2.66. The van der Waals surface area contributed by atoms with Crippen LogP contribution >= 0.6 is 0 Å². The Hall–Kier alpha value is -0.930. The standard InChI is InChI=1S/C13H17FN2/c14-12-5-1-10(2-6-12)7-16-8-13(15,9-16)11-3-4-11/h1-2,5-6,11H,3-4,7-9,15H2. The lowest BCUT2D eigenvalue weighted by Crippen LogP contribution is -2.68. The van der Waals surface area contributed by atoms with Gasteiger partial charge < -0.3 is 5.73 Å². The van der Waals surface area contributed by atoms with Crippen molar-refractivity contribution in [3.63, 3.8) is 0 Å². The van der Waals surface area contributed by atoms with E-state index in [-0.39, 0.29) is 11.4 Å². The van der Waals surface area contributed by atoms with E-state index in [9.17, 15) is 4.39 Å². The van der Waals surface area contributed by atoms with Crippen LogP contribution in [0.1, 0.15) is 18.4 Å². The summed E-state index contributed by atoms with van der Waals surface area (Å²) in [6, 6.07) is 6.74. The molecular weight excluding hydrogens is 203 g/mol. The van der Waals surface area contributed by atoms with E-state index < -0.39 is 0 Å². The molecule has 86 valence electrons. The highest BCUT2D eigenvalue weighted by atomic mass is 19.1. The van der Waals surface area contributed by atoms with Crippen molar-refractivity contribution in [1.29, 1.82) is 0 Å². The van der Waals surface area contributed by atoms with Crippen molar-refractivity contribution in [2.45, 2.75) is 24.9 Å². The van der Waals surface area contributed by atoms with Gasteiger partial charge in [-0.15, -0.1) is 0 Å². The summed E-state index contributed by atoms with van der Waals surface area (Å²) in [5, 5.41) is 0. The molecule has 0 unspecified atom stereocenters. The van der Waals surface area contributed by atoms with E-state index in [1.165, 1.54) is 30.5 Å². The monoisotopic (exact) mass is 220 g/mol. The molecule has 3 heteroatoms. The highest BCUT2D eigenvalue weighted by Crippen LogP contribution is 2.43. The maximum absolute atomic E-state index is 12.7. The number of rotatable bonds is 3. The van der Waals surface area contributed by atoms with Gasteiger partial charge in [-0.05, 0) is 36.5 Å². The molecule has 1 saturated heterocycles. The first-order valence-corrected chi connectivity index (χ1v) is 5.91. The SMILES string of the molecule is NC1(C2CC2)CN(Cc2ccc(F)cc2)C1. The largest absolute Gasteiger partial charge is 0.323 e. The molecule has 0 aromatic heterocycles. The van der Waals surface area contributed by atoms with Crippen molar-refractivity contribution >= 4 is 0 Å². The predicted octanol–water partition coefficient (Wildman–Crippen LogP) is 1.75. The van der Waals surface area contributed by atoms with Crippen LogP contribution in [0, 0.1) is 11.7 Å². The lowest BCUT2D eigenvalue weighted by Gasteiger charge is -2.48. The minimum Gasteiger partial charge on any atom is -0.323 e. The third kappa shape index (κ3) is 1.85. The zero-order chi connectivity index (χ0) is 11.2. The summed E-state index contributed by atoms with van der Waals surface area (Å²) in [4.78, 5) is 2.34. The molecule has 2 nitrogen and oxygen atoms in total. The topological polar surface area (TPSA) is 29.3 Å². The fourth-order valence-corrected chi connectivity index (χ4v) is 2.66. The predicted molar refractivity (Wildman–Crippen MR) is 61.3 cm³/mol. The first kappa shape index (κ1) is 10.2. The summed E-state index contributed by atoms with van der Waals surface area (Å²) >= 11 is 0. The summed E-state index contributed by atoms with van der Waals surface area (Å²) < 4.78 is 12.7. The molecule has 1 aromatic carbocycles. The number of likely N-dealkylation sites (tertiary alicyclic amines) is 1. The molecule has 2 aliphatic rings. The molecule has 0 radical (unpaired) electrons. The Morgan fingerprint density at radius 2 is 1.88 bits per heavy atom. The second-order valence-corrected chi connectivity index (χ2v) is 5.28. The highest BCUT2D eigenvalue weighted by Gasteiger charge is 2.49. The van der Waals surface area contributed by atoms with Crippen molar-refractivity contribution in [3.05, 3.63) is 35.6 Å². The van der Waals surface area contributed by atoms with E-state index in [1.807, 2.05) is 12.1 Å². The molecule has 1 aromatic rings. The van der Waals surface area contributed by atoms with Gasteiger partial charge in [0.1, 0.15) is 5.82 Å². The van der Waals surface area contributed by atoms with Gasteiger partial charge in [0.15, 0.2) is 0 Å². The van der Waals surface area contributed by atoms with Gasteiger partial charge in [-0.25, -0.2) is 4.39 Å². The van der Waals surface area contributed by atoms with Gasteiger partial charge in [0.05, 0.1) is 0 Å². The Morgan fingerprint density at radius 3 is 2.44 bits per heavy atom. The molecule has 1 saturated carbocycles. The third-order valence-electron chi connectivity index (χ3n) is 3.75. The van der Waals surface area contributed by atoms with Crippen LogP contribution in [0.2, 0.25) is 0 Å². The molecule has 2 N–H and O–H groups in total. The minimum atomic E-state index is -0.168. The number of nitrogens with two attached hydrogens (primary N) is 1. The summed E-state index contributed by atoms with van der Waals surface area (Å²) in [5.74, 6) is 0.593. The highest BCUT2D eigenvalue weighted by molar-refractivity contribution is 5.18. The molecule has 1 heterocycles. The lowest BCUT2D eigenvalue weighted by atomic mass is 9.85. The number of hydrogen-bond acceptors (Lipinski definition) is 2. The van der Waals surface area contributed by atoms with Gasteiger partial charge in [0.25, 0.3) is 0 Å². The van der Waals surface area contributed by atoms with Crippen LogP contribution in [0.5, 0.6) is 0 Å². The van der Waals surface area contributed by atoms with Crippen molar-refractivity contribution < 1.29 is 4.39 Å². The second kappa shape index (κ2) is 3.54. The minimum absolute atomic E-state index is 0.0834. The molecule has 3 rings (SSSR count). The van der Waals surface area contributed by atoms with E-state index >= 15 is 0 Å². The van der Waals surface area contributed by atoms with Crippen LogP contribution in [0.4, 0.5) is 4.39 Å². The zero-order valence-electron chi connectivity index (χ0n) is 9.32. The van der Waals surface area contributed by atoms with Gasteiger partial charge in [-0.1, -0.05) is 12.1 Å². The van der Waals surface area contributed by atoms with E-state index in [0.717, 1.165) is 25.6 Å². The van der Waals surface area contributed by atoms with Gasteiger partial charge in [-0.2, -0.15) is 0 Å². The molecule has 2 fully saturated rings. The molecular formula is C13H17FN2. The molecule has 16 heavy (non-hydrogen) atoms. The van der Waals surface area contributed by atoms with Gasteiger partial charge in [0.2, 0.25) is 0 Å². The number of hydrogen-bond donors (Lipinski definition) is 1. The Bertz CT molecular complexity index is 377. The smallest absolute Gasteiger partial charge is 0.123 e. The summed E-state index contributed by atoms with van der Waals surface area (Å²) in [5.41, 5.74) is 7.52. The Kier molecular flexibility index (Phi) is 2.26. The van der Waals surface area contributed by atoms with Crippen LogP contribution in [0.3, 0.4) is 0 Å². The molecule has 1 aliphatic carbocycles. The Morgan fingerprint density at radius 1 is 1.25 bits per heavy atom. The number of benzene rings is 1. The van der Waals surface area contributed by atoms with Crippen LogP contribution in [-0.4, -0.2) is 23.5 Å². The van der Waals surface area contributed by atoms with Crippen molar-refractivity contribution in [2.24, 2.45) is 11.7 Å². The average Bonchev–Trinajstić information content (AvgIpc) is 3.02. The van der Waals surface area contributed by atoms with Crippen LogP contribution < -0.4 is 5.73 Å². The van der Waals surface area contributed by atoms with Crippen molar-refractivity contribution in [3.8, 4) is 0 Å². The fraction of sp³-hybridized carbons (Fsp3) is 0.538. The Balaban J connectivity index is 1.55. The molecule has 1 aliphatic heterocycles. The molecule has 0 bridgehead atoms. The lowest BCUT2D eigenvalue weighted by molar-refractivity contribution is 0.0478. The van der Waals surface area contributed by atoms with Gasteiger partial charge in [0, 0.05) is 25.2 Å². The first-order valence-electron chi connectivity index (χ1n) is 5.91.